The number of allylic oxidation sites excluding steroid dienone is 1. The van der Waals surface area contributed by atoms with Crippen LogP contribution in [0.3, 0.4) is 0 Å². The number of rotatable bonds is 10. The maximum atomic E-state index is 13.3. The van der Waals surface area contributed by atoms with Crippen LogP contribution >= 0.6 is 0 Å². The van der Waals surface area contributed by atoms with E-state index in [1.54, 1.807) is 6.08 Å². The van der Waals surface area contributed by atoms with E-state index in [0.717, 1.165) is 22.0 Å². The van der Waals surface area contributed by atoms with E-state index in [2.05, 4.69) is 16.6 Å². The van der Waals surface area contributed by atoms with Crippen molar-refractivity contribution in [2.24, 2.45) is 11.3 Å². The number of ketones is 1. The van der Waals surface area contributed by atoms with Gasteiger partial charge in [0, 0.05) is 30.3 Å². The largest absolute Gasteiger partial charge is 0.472 e. The Bertz CT molecular complexity index is 1550. The average Bonchev–Trinajstić information content (AvgIpc) is 3.86. The van der Waals surface area contributed by atoms with Gasteiger partial charge in [-0.05, 0) is 42.7 Å². The van der Waals surface area contributed by atoms with Gasteiger partial charge in [0.15, 0.2) is 5.78 Å². The summed E-state index contributed by atoms with van der Waals surface area (Å²) in [6, 6.07) is 19.4. The topological polar surface area (TPSA) is 114 Å². The molecule has 8 nitrogen and oxygen atoms in total. The number of carbonyl (C=O) groups is 2. The van der Waals surface area contributed by atoms with E-state index in [1.807, 2.05) is 60.7 Å². The number of amides is 1. The van der Waals surface area contributed by atoms with Gasteiger partial charge in [-0.25, -0.2) is 13.4 Å². The second-order valence-corrected chi connectivity index (χ2v) is 12.8. The van der Waals surface area contributed by atoms with Gasteiger partial charge < -0.3 is 10.1 Å². The zero-order chi connectivity index (χ0) is 27.2. The van der Waals surface area contributed by atoms with Crippen molar-refractivity contribution in [2.75, 3.05) is 6.54 Å². The molecule has 0 spiro atoms. The molecule has 1 amide bonds. The minimum atomic E-state index is -3.69. The predicted molar refractivity (Wildman–Crippen MR) is 148 cm³/mol. The fourth-order valence-corrected chi connectivity index (χ4v) is 6.91. The van der Waals surface area contributed by atoms with Gasteiger partial charge in [0.1, 0.15) is 6.10 Å². The maximum absolute atomic E-state index is 13.3. The first-order valence-electron chi connectivity index (χ1n) is 13.4. The number of nitrogens with zero attached hydrogens (tertiary/aromatic N) is 1. The van der Waals surface area contributed by atoms with Crippen molar-refractivity contribution in [1.29, 1.82) is 0 Å². The minimum absolute atomic E-state index is 0.0369. The molecule has 3 aromatic rings. The summed E-state index contributed by atoms with van der Waals surface area (Å²) in [5.41, 5.74) is 0.740. The van der Waals surface area contributed by atoms with Crippen molar-refractivity contribution < 1.29 is 22.7 Å². The van der Waals surface area contributed by atoms with Crippen LogP contribution in [0.1, 0.15) is 32.1 Å². The fraction of sp³-hybridized carbons (Fsp3) is 0.367. The van der Waals surface area contributed by atoms with Crippen LogP contribution < -0.4 is 14.8 Å². The van der Waals surface area contributed by atoms with Crippen molar-refractivity contribution in [3.63, 3.8) is 0 Å². The molecule has 2 aromatic carbocycles. The van der Waals surface area contributed by atoms with E-state index >= 15 is 0 Å². The van der Waals surface area contributed by atoms with Crippen molar-refractivity contribution >= 4 is 32.5 Å². The predicted octanol–water partition coefficient (Wildman–Crippen LogP) is 3.77. The van der Waals surface area contributed by atoms with E-state index in [-0.39, 0.29) is 24.2 Å². The van der Waals surface area contributed by atoms with Gasteiger partial charge in [0.25, 0.3) is 0 Å². The molecule has 2 heterocycles. The smallest absolute Gasteiger partial charge is 0.240 e. The summed E-state index contributed by atoms with van der Waals surface area (Å²) in [6.45, 7) is 4.24. The van der Waals surface area contributed by atoms with Crippen LogP contribution in [0.4, 0.5) is 0 Å². The second-order valence-electron chi connectivity index (χ2n) is 10.9. The summed E-state index contributed by atoms with van der Waals surface area (Å²) in [6.07, 6.45) is 3.29. The molecule has 0 bridgehead atoms. The molecule has 1 aromatic heterocycles. The van der Waals surface area contributed by atoms with Gasteiger partial charge in [-0.3, -0.25) is 14.3 Å². The van der Waals surface area contributed by atoms with Gasteiger partial charge in [0.2, 0.25) is 21.8 Å². The molecule has 2 aliphatic carbocycles. The van der Waals surface area contributed by atoms with Crippen LogP contribution in [0.15, 0.2) is 73.3 Å². The highest BCUT2D eigenvalue weighted by Gasteiger charge is 2.61. The van der Waals surface area contributed by atoms with E-state index in [0.29, 0.717) is 38.1 Å². The van der Waals surface area contributed by atoms with Crippen molar-refractivity contribution in [3.8, 4) is 17.1 Å². The average molecular weight is 546 g/mol. The third-order valence-electron chi connectivity index (χ3n) is 8.09. The molecule has 1 aliphatic heterocycles. The zero-order valence-electron chi connectivity index (χ0n) is 21.5. The Kier molecular flexibility index (Phi) is 6.51. The van der Waals surface area contributed by atoms with Gasteiger partial charge in [-0.1, -0.05) is 54.6 Å². The molecule has 202 valence electrons. The molecule has 2 N–H and O–H groups in total. The lowest BCUT2D eigenvalue weighted by Crippen LogP contribution is -2.42. The summed E-state index contributed by atoms with van der Waals surface area (Å²) in [7, 11) is -3.69. The molecule has 4 atom stereocenters. The standard InChI is InChI=1S/C30H31N3O5S/c1-2-21-16-30(21,29(35)33-39(36,37)23-12-13-23)17-27(34)26-15-22(18-31-26)38-28-24-11-7-6-10-20(24)14-25(32-28)19-8-4-3-5-9-19/h2-11,14,21-23,26,31H,1,12-13,15-18H2,(H,33,35)/t21-,22?,26+,30-/m1/s1. The maximum Gasteiger partial charge on any atom is 0.240 e. The summed E-state index contributed by atoms with van der Waals surface area (Å²) in [5, 5.41) is 4.64. The Morgan fingerprint density at radius 1 is 1.13 bits per heavy atom. The number of fused-ring (bicyclic) bond motifs is 1. The number of hydrogen-bond donors (Lipinski definition) is 2. The van der Waals surface area contributed by atoms with Gasteiger partial charge >= 0.3 is 0 Å². The van der Waals surface area contributed by atoms with Gasteiger partial charge in [-0.15, -0.1) is 6.58 Å². The quantitative estimate of drug-likeness (QED) is 0.373. The molecular weight excluding hydrogens is 514 g/mol. The number of nitrogens with one attached hydrogen (secondary N) is 2. The number of benzene rings is 2. The van der Waals surface area contributed by atoms with Crippen molar-refractivity contribution in [1.82, 2.24) is 15.0 Å². The first-order valence-corrected chi connectivity index (χ1v) is 14.9. The summed E-state index contributed by atoms with van der Waals surface area (Å²) < 4.78 is 33.3. The highest BCUT2D eigenvalue weighted by molar-refractivity contribution is 7.90. The molecule has 0 radical (unpaired) electrons. The molecule has 39 heavy (non-hydrogen) atoms. The van der Waals surface area contributed by atoms with Crippen LogP contribution in [0.5, 0.6) is 5.88 Å². The lowest BCUT2D eigenvalue weighted by atomic mass is 9.92. The molecular formula is C30H31N3O5S. The zero-order valence-corrected chi connectivity index (χ0v) is 22.3. The third-order valence-corrected chi connectivity index (χ3v) is 9.91. The first kappa shape index (κ1) is 25.7. The molecule has 3 aliphatic rings. The SMILES string of the molecule is C=C[C@@H]1C[C@]1(CC(=O)[C@@H]1CC(Oc2nc(-c3ccccc3)cc3ccccc23)CN1)C(=O)NS(=O)(=O)C1CC1. The Balaban J connectivity index is 1.15. The monoisotopic (exact) mass is 545 g/mol. The molecule has 1 saturated heterocycles. The summed E-state index contributed by atoms with van der Waals surface area (Å²) in [4.78, 5) is 31.2. The second kappa shape index (κ2) is 9.88. The van der Waals surface area contributed by atoms with Gasteiger partial charge in [-0.2, -0.15) is 0 Å². The van der Waals surface area contributed by atoms with Crippen LogP contribution in [-0.2, 0) is 19.6 Å². The number of Topliss-reactive ketones (excluding diaryl/α,β-unsaturated/α-hetero) is 1. The van der Waals surface area contributed by atoms with E-state index in [4.69, 9.17) is 9.72 Å². The highest BCUT2D eigenvalue weighted by atomic mass is 32.2. The van der Waals surface area contributed by atoms with Crippen LogP contribution in [-0.4, -0.2) is 49.0 Å². The Labute approximate surface area is 227 Å². The molecule has 3 fully saturated rings. The number of aromatic nitrogens is 1. The van der Waals surface area contributed by atoms with E-state index in [9.17, 15) is 18.0 Å². The van der Waals surface area contributed by atoms with Crippen LogP contribution in [0, 0.1) is 11.3 Å². The number of pyridine rings is 1. The van der Waals surface area contributed by atoms with E-state index in [1.165, 1.54) is 0 Å². The number of carbonyl (C=O) groups excluding carboxylic acids is 2. The summed E-state index contributed by atoms with van der Waals surface area (Å²) in [5.74, 6) is -0.422. The van der Waals surface area contributed by atoms with E-state index < -0.39 is 32.6 Å². The third kappa shape index (κ3) is 5.08. The van der Waals surface area contributed by atoms with Crippen molar-refractivity contribution in [3.05, 3.63) is 73.3 Å². The molecule has 6 rings (SSSR count). The first-order chi connectivity index (χ1) is 18.8. The lowest BCUT2D eigenvalue weighted by Gasteiger charge is -2.18. The van der Waals surface area contributed by atoms with Crippen molar-refractivity contribution in [2.45, 2.75) is 49.5 Å². The molecule has 2 saturated carbocycles. The lowest BCUT2D eigenvalue weighted by molar-refractivity contribution is -0.130. The number of sulfonamides is 1. The minimum Gasteiger partial charge on any atom is -0.472 e. The van der Waals surface area contributed by atoms with Crippen LogP contribution in [0.2, 0.25) is 0 Å². The molecule has 1 unspecified atom stereocenters. The number of hydrogen-bond acceptors (Lipinski definition) is 7. The highest BCUT2D eigenvalue weighted by Crippen LogP contribution is 2.56. The Hall–Kier alpha value is -3.56. The normalized spacial score (nSPS) is 26.2. The molecule has 9 heteroatoms. The van der Waals surface area contributed by atoms with Gasteiger partial charge in [0.05, 0.1) is 22.4 Å². The summed E-state index contributed by atoms with van der Waals surface area (Å²) >= 11 is 0. The Morgan fingerprint density at radius 3 is 2.59 bits per heavy atom. The fourth-order valence-electron chi connectivity index (χ4n) is 5.52. The number of ether oxygens (including phenoxy) is 1. The van der Waals surface area contributed by atoms with Crippen LogP contribution in [0.25, 0.3) is 22.0 Å². The Morgan fingerprint density at radius 2 is 1.87 bits per heavy atom.